The van der Waals surface area contributed by atoms with Crippen LogP contribution in [0.4, 0.5) is 5.69 Å². The summed E-state index contributed by atoms with van der Waals surface area (Å²) in [7, 11) is 3.40. The van der Waals surface area contributed by atoms with Crippen LogP contribution in [-0.4, -0.2) is 56.2 Å². The van der Waals surface area contributed by atoms with Crippen molar-refractivity contribution in [2.75, 3.05) is 32.2 Å². The van der Waals surface area contributed by atoms with E-state index in [1.807, 2.05) is 61.5 Å². The summed E-state index contributed by atoms with van der Waals surface area (Å²) in [5, 5.41) is 9.49. The minimum atomic E-state index is -0.533. The first-order chi connectivity index (χ1) is 16.4. The molecule has 192 valence electrons. The lowest BCUT2D eigenvalue weighted by molar-refractivity contribution is -0.119. The quantitative estimate of drug-likeness (QED) is 0.491. The number of nitriles is 1. The Kier molecular flexibility index (Phi) is 16.3. The zero-order valence-electron chi connectivity index (χ0n) is 23.2. The minimum absolute atomic E-state index is 0.285. The van der Waals surface area contributed by atoms with Gasteiger partial charge in [-0.25, -0.2) is 4.98 Å². The van der Waals surface area contributed by atoms with Gasteiger partial charge in [-0.05, 0) is 51.5 Å². The van der Waals surface area contributed by atoms with Gasteiger partial charge in [0.25, 0.3) is 0 Å². The van der Waals surface area contributed by atoms with E-state index >= 15 is 0 Å². The summed E-state index contributed by atoms with van der Waals surface area (Å²) in [5.74, 6) is 6.14. The van der Waals surface area contributed by atoms with Gasteiger partial charge in [0.1, 0.15) is 17.4 Å². The predicted octanol–water partition coefficient (Wildman–Crippen LogP) is 5.97. The van der Waals surface area contributed by atoms with E-state index in [4.69, 9.17) is 14.2 Å². The summed E-state index contributed by atoms with van der Waals surface area (Å²) in [5.41, 5.74) is 1.60. The summed E-state index contributed by atoms with van der Waals surface area (Å²) >= 11 is 0. The molecule has 0 spiro atoms. The summed E-state index contributed by atoms with van der Waals surface area (Å²) in [6, 6.07) is 4.16. The molecule has 0 amide bonds. The molecule has 6 nitrogen and oxygen atoms in total. The Morgan fingerprint density at radius 1 is 0.971 bits per heavy atom. The van der Waals surface area contributed by atoms with Crippen LogP contribution in [0.1, 0.15) is 92.3 Å². The van der Waals surface area contributed by atoms with E-state index in [0.29, 0.717) is 23.5 Å². The maximum absolute atomic E-state index is 9.49. The molecular formula is C28H47N3O3. The molecule has 1 aliphatic heterocycles. The lowest BCUT2D eigenvalue weighted by Gasteiger charge is -2.40. The summed E-state index contributed by atoms with van der Waals surface area (Å²) in [6.45, 7) is 17.5. The molecule has 0 atom stereocenters. The van der Waals surface area contributed by atoms with E-state index < -0.39 is 5.60 Å². The first kappa shape index (κ1) is 31.9. The number of pyridine rings is 1. The number of rotatable bonds is 5. The maximum Gasteiger partial charge on any atom is 0.123 e. The first-order valence-corrected chi connectivity index (χ1v) is 12.9. The molecule has 1 aromatic rings. The molecule has 1 saturated carbocycles. The van der Waals surface area contributed by atoms with E-state index in [1.54, 1.807) is 20.4 Å². The molecule has 34 heavy (non-hydrogen) atoms. The molecule has 2 heterocycles. The lowest BCUT2D eigenvalue weighted by atomic mass is 9.91. The third kappa shape index (κ3) is 10.0. The summed E-state index contributed by atoms with van der Waals surface area (Å²) in [4.78, 5) is 6.56. The SMILES string of the molecule is CC.CC.CC.COC1CC(OC2CCN(c3cc(C#CC(C)(C)OC)ncc3C#N)CC2)C1. The van der Waals surface area contributed by atoms with Gasteiger partial charge < -0.3 is 19.1 Å². The van der Waals surface area contributed by atoms with Crippen LogP contribution < -0.4 is 4.90 Å². The number of piperidine rings is 1. The van der Waals surface area contributed by atoms with Crippen molar-refractivity contribution in [3.63, 3.8) is 0 Å². The lowest BCUT2D eigenvalue weighted by Crippen LogP contribution is -2.43. The van der Waals surface area contributed by atoms with Crippen LogP contribution in [0.15, 0.2) is 12.3 Å². The Labute approximate surface area is 209 Å². The number of hydrogen-bond acceptors (Lipinski definition) is 6. The van der Waals surface area contributed by atoms with Crippen molar-refractivity contribution in [2.24, 2.45) is 0 Å². The minimum Gasteiger partial charge on any atom is -0.381 e. The molecule has 0 bridgehead atoms. The van der Waals surface area contributed by atoms with Crippen LogP contribution in [0.5, 0.6) is 0 Å². The van der Waals surface area contributed by atoms with E-state index in [1.165, 1.54) is 0 Å². The van der Waals surface area contributed by atoms with Gasteiger partial charge in [-0.2, -0.15) is 5.26 Å². The second-order valence-electron chi connectivity index (χ2n) is 7.94. The highest BCUT2D eigenvalue weighted by molar-refractivity contribution is 5.61. The van der Waals surface area contributed by atoms with Crippen molar-refractivity contribution in [1.29, 1.82) is 5.26 Å². The number of anilines is 1. The zero-order chi connectivity index (χ0) is 26.1. The fourth-order valence-electron chi connectivity index (χ4n) is 3.45. The molecule has 1 saturated heterocycles. The second-order valence-corrected chi connectivity index (χ2v) is 7.94. The first-order valence-electron chi connectivity index (χ1n) is 12.9. The predicted molar refractivity (Wildman–Crippen MR) is 141 cm³/mol. The van der Waals surface area contributed by atoms with Crippen LogP contribution in [0.2, 0.25) is 0 Å². The summed E-state index contributed by atoms with van der Waals surface area (Å²) < 4.78 is 16.8. The summed E-state index contributed by atoms with van der Waals surface area (Å²) in [6.07, 6.45) is 6.51. The van der Waals surface area contributed by atoms with Gasteiger partial charge >= 0.3 is 0 Å². The molecule has 1 aromatic heterocycles. The van der Waals surface area contributed by atoms with Crippen LogP contribution in [0.25, 0.3) is 0 Å². The maximum atomic E-state index is 9.49. The largest absolute Gasteiger partial charge is 0.381 e. The zero-order valence-corrected chi connectivity index (χ0v) is 23.2. The van der Waals surface area contributed by atoms with Crippen molar-refractivity contribution >= 4 is 5.69 Å². The fourth-order valence-corrected chi connectivity index (χ4v) is 3.45. The molecule has 3 rings (SSSR count). The average molecular weight is 474 g/mol. The number of aromatic nitrogens is 1. The van der Waals surface area contributed by atoms with Crippen molar-refractivity contribution in [1.82, 2.24) is 4.98 Å². The Bertz CT molecular complexity index is 778. The molecule has 0 N–H and O–H groups in total. The number of hydrogen-bond donors (Lipinski definition) is 0. The van der Waals surface area contributed by atoms with Gasteiger partial charge in [-0.15, -0.1) is 0 Å². The van der Waals surface area contributed by atoms with Crippen LogP contribution in [0.3, 0.4) is 0 Å². The smallest absolute Gasteiger partial charge is 0.123 e. The molecule has 1 aliphatic carbocycles. The Balaban J connectivity index is 0.00000168. The van der Waals surface area contributed by atoms with Gasteiger partial charge in [-0.3, -0.25) is 0 Å². The molecular weight excluding hydrogens is 426 g/mol. The molecule has 0 aromatic carbocycles. The van der Waals surface area contributed by atoms with Gasteiger partial charge in [-0.1, -0.05) is 47.5 Å². The van der Waals surface area contributed by atoms with E-state index in [9.17, 15) is 5.26 Å². The Hall–Kier alpha value is -2.12. The molecule has 6 heteroatoms. The Morgan fingerprint density at radius 3 is 2.06 bits per heavy atom. The van der Waals surface area contributed by atoms with Crippen LogP contribution in [-0.2, 0) is 14.2 Å². The average Bonchev–Trinajstić information content (AvgIpc) is 2.88. The number of ether oxygens (including phenoxy) is 3. The monoisotopic (exact) mass is 473 g/mol. The van der Waals surface area contributed by atoms with Gasteiger partial charge in [0, 0.05) is 33.5 Å². The fraction of sp³-hybridized carbons (Fsp3) is 0.714. The van der Waals surface area contributed by atoms with E-state index in [-0.39, 0.29) is 6.10 Å². The van der Waals surface area contributed by atoms with Crippen molar-refractivity contribution in [3.8, 4) is 17.9 Å². The highest BCUT2D eigenvalue weighted by atomic mass is 16.5. The third-order valence-electron chi connectivity index (χ3n) is 5.56. The molecule has 0 radical (unpaired) electrons. The topological polar surface area (TPSA) is 67.6 Å². The van der Waals surface area contributed by atoms with Crippen molar-refractivity contribution < 1.29 is 14.2 Å². The van der Waals surface area contributed by atoms with Crippen molar-refractivity contribution in [2.45, 2.75) is 105 Å². The van der Waals surface area contributed by atoms with Crippen LogP contribution in [0, 0.1) is 23.2 Å². The van der Waals surface area contributed by atoms with E-state index in [0.717, 1.165) is 44.5 Å². The standard InChI is InChI=1S/C22H29N3O3.3C2H6/c1-22(2,27-4)8-5-17-11-21(16(14-23)15-24-17)25-9-6-18(7-10-25)28-20-12-19(13-20)26-3;3*1-2/h11,15,18-20H,6-7,9-10,12-13H2,1-4H3;3*1-2H3. The van der Waals surface area contributed by atoms with Gasteiger partial charge in [0.05, 0.1) is 29.6 Å². The van der Waals surface area contributed by atoms with E-state index in [2.05, 4.69) is 27.8 Å². The molecule has 2 fully saturated rings. The van der Waals surface area contributed by atoms with Crippen molar-refractivity contribution in [3.05, 3.63) is 23.5 Å². The number of methoxy groups -OCH3 is 2. The molecule has 0 unspecified atom stereocenters. The molecule has 2 aliphatic rings. The number of nitrogens with zero attached hydrogens (tertiary/aromatic N) is 3. The normalized spacial score (nSPS) is 19.3. The van der Waals surface area contributed by atoms with Crippen LogP contribution >= 0.6 is 0 Å². The van der Waals surface area contributed by atoms with Gasteiger partial charge in [0.15, 0.2) is 0 Å². The second kappa shape index (κ2) is 17.3. The van der Waals surface area contributed by atoms with Gasteiger partial charge in [0.2, 0.25) is 0 Å². The Morgan fingerprint density at radius 2 is 1.56 bits per heavy atom. The third-order valence-corrected chi connectivity index (χ3v) is 5.56. The highest BCUT2D eigenvalue weighted by Crippen LogP contribution is 2.30. The highest BCUT2D eigenvalue weighted by Gasteiger charge is 2.33.